The number of aromatic nitrogens is 2. The van der Waals surface area contributed by atoms with Crippen molar-refractivity contribution in [1.29, 1.82) is 0 Å². The third-order valence-electron chi connectivity index (χ3n) is 5.12. The molecule has 166 valence electrons. The summed E-state index contributed by atoms with van der Waals surface area (Å²) in [4.78, 5) is 29.6. The molecule has 4 rings (SSSR count). The van der Waals surface area contributed by atoms with E-state index in [4.69, 9.17) is 4.52 Å². The van der Waals surface area contributed by atoms with Crippen LogP contribution in [0.5, 0.6) is 0 Å². The highest BCUT2D eigenvalue weighted by Crippen LogP contribution is 2.27. The molecule has 2 aliphatic rings. The molecule has 0 saturated heterocycles. The Hall–Kier alpha value is -3.40. The van der Waals surface area contributed by atoms with Crippen LogP contribution in [0.15, 0.2) is 61.9 Å². The van der Waals surface area contributed by atoms with Crippen LogP contribution in [0.1, 0.15) is 30.5 Å². The van der Waals surface area contributed by atoms with Crippen molar-refractivity contribution in [3.05, 3.63) is 57.9 Å². The summed E-state index contributed by atoms with van der Waals surface area (Å²) in [7, 11) is 0. The van der Waals surface area contributed by atoms with Crippen LogP contribution in [0, 0.1) is 5.92 Å². The molecule has 9 nitrogen and oxygen atoms in total. The highest BCUT2D eigenvalue weighted by molar-refractivity contribution is 7.10. The Balaban J connectivity index is 1.17. The maximum absolute atomic E-state index is 12.1. The van der Waals surface area contributed by atoms with Crippen molar-refractivity contribution in [3.8, 4) is 11.4 Å². The van der Waals surface area contributed by atoms with Crippen LogP contribution >= 0.6 is 11.3 Å². The lowest BCUT2D eigenvalue weighted by atomic mass is 9.93. The standard InChI is InChI=1S/C22H24N6O3S/c1-2-17-16(10-13-32-17)21-25-19(31-28-21)9-8-18(29)23-11-5-12-24-20-14-6-3-4-7-15(14)22(30)27-26-20/h3-4,6-7,10,13,15,24H,2,5,8-9,11-12H2,1H3,(H,23,29). The van der Waals surface area contributed by atoms with E-state index in [1.165, 1.54) is 4.88 Å². The van der Waals surface area contributed by atoms with E-state index in [1.807, 2.05) is 35.8 Å². The highest BCUT2D eigenvalue weighted by atomic mass is 32.1. The predicted molar refractivity (Wildman–Crippen MR) is 120 cm³/mol. The first kappa shape index (κ1) is 21.8. The predicted octanol–water partition coefficient (Wildman–Crippen LogP) is 3.34. The molecule has 1 aliphatic heterocycles. The SMILES string of the molecule is CCc1sccc1-c1noc(CCC(=O)NCCCNC2=C3C=CC=CC3C(=O)N=N2)n1. The Morgan fingerprint density at radius 2 is 2.16 bits per heavy atom. The van der Waals surface area contributed by atoms with Gasteiger partial charge in [-0.15, -0.1) is 21.6 Å². The lowest BCUT2D eigenvalue weighted by Crippen LogP contribution is -2.28. The number of nitrogens with zero attached hydrogens (tertiary/aromatic N) is 4. The molecule has 2 amide bonds. The summed E-state index contributed by atoms with van der Waals surface area (Å²) >= 11 is 1.67. The Morgan fingerprint density at radius 3 is 3.03 bits per heavy atom. The van der Waals surface area contributed by atoms with Crippen molar-refractivity contribution in [3.63, 3.8) is 0 Å². The van der Waals surface area contributed by atoms with Gasteiger partial charge >= 0.3 is 0 Å². The summed E-state index contributed by atoms with van der Waals surface area (Å²) in [6.45, 7) is 3.21. The number of hydrogen-bond donors (Lipinski definition) is 2. The summed E-state index contributed by atoms with van der Waals surface area (Å²) < 4.78 is 5.29. The van der Waals surface area contributed by atoms with Crippen LogP contribution in [0.3, 0.4) is 0 Å². The molecule has 1 atom stereocenters. The summed E-state index contributed by atoms with van der Waals surface area (Å²) in [5.74, 6) is 0.948. The van der Waals surface area contributed by atoms with Gasteiger partial charge in [0.05, 0.1) is 5.92 Å². The minimum atomic E-state index is -0.363. The van der Waals surface area contributed by atoms with Crippen molar-refractivity contribution in [1.82, 2.24) is 20.8 Å². The topological polar surface area (TPSA) is 122 Å². The number of hydrogen-bond acceptors (Lipinski definition) is 8. The van der Waals surface area contributed by atoms with Crippen molar-refractivity contribution in [2.24, 2.45) is 16.1 Å². The van der Waals surface area contributed by atoms with E-state index in [-0.39, 0.29) is 24.2 Å². The number of azo groups is 1. The fraction of sp³-hybridized carbons (Fsp3) is 0.364. The fourth-order valence-electron chi connectivity index (χ4n) is 3.45. The van der Waals surface area contributed by atoms with Crippen LogP contribution in [-0.4, -0.2) is 35.0 Å². The van der Waals surface area contributed by atoms with Crippen LogP contribution in [0.25, 0.3) is 11.4 Å². The average Bonchev–Trinajstić information content (AvgIpc) is 3.48. The number of rotatable bonds is 10. The third kappa shape index (κ3) is 5.08. The second-order valence-corrected chi connectivity index (χ2v) is 8.32. The lowest BCUT2D eigenvalue weighted by molar-refractivity contribution is -0.121. The quantitative estimate of drug-likeness (QED) is 0.533. The van der Waals surface area contributed by atoms with Gasteiger partial charge in [-0.3, -0.25) is 9.59 Å². The molecule has 1 unspecified atom stereocenters. The van der Waals surface area contributed by atoms with E-state index < -0.39 is 0 Å². The van der Waals surface area contributed by atoms with Gasteiger partial charge in [-0.1, -0.05) is 36.4 Å². The molecule has 0 spiro atoms. The van der Waals surface area contributed by atoms with E-state index in [0.717, 1.165) is 17.6 Å². The van der Waals surface area contributed by atoms with E-state index >= 15 is 0 Å². The van der Waals surface area contributed by atoms with Gasteiger partial charge in [0.25, 0.3) is 5.91 Å². The minimum Gasteiger partial charge on any atom is -0.368 e. The average molecular weight is 453 g/mol. The first-order valence-corrected chi connectivity index (χ1v) is 11.5. The Morgan fingerprint density at radius 1 is 1.25 bits per heavy atom. The molecule has 0 bridgehead atoms. The van der Waals surface area contributed by atoms with Gasteiger partial charge in [0.1, 0.15) is 0 Å². The lowest BCUT2D eigenvalue weighted by Gasteiger charge is -2.20. The molecule has 2 aromatic heterocycles. The molecular formula is C22H24N6O3S. The number of carbonyl (C=O) groups excluding carboxylic acids is 2. The van der Waals surface area contributed by atoms with E-state index in [0.29, 0.717) is 43.5 Å². The van der Waals surface area contributed by atoms with Gasteiger partial charge in [-0.2, -0.15) is 4.98 Å². The molecule has 3 heterocycles. The fourth-order valence-corrected chi connectivity index (χ4v) is 4.27. The zero-order valence-electron chi connectivity index (χ0n) is 17.7. The minimum absolute atomic E-state index is 0.0695. The molecule has 10 heteroatoms. The summed E-state index contributed by atoms with van der Waals surface area (Å²) in [6.07, 6.45) is 9.69. The number of carbonyl (C=O) groups is 2. The van der Waals surface area contributed by atoms with Gasteiger partial charge < -0.3 is 15.2 Å². The molecule has 0 aromatic carbocycles. The molecule has 32 heavy (non-hydrogen) atoms. The molecule has 0 saturated carbocycles. The molecule has 0 radical (unpaired) electrons. The van der Waals surface area contributed by atoms with Crippen molar-refractivity contribution < 1.29 is 14.1 Å². The number of fused-ring (bicyclic) bond motifs is 1. The Bertz CT molecular complexity index is 1110. The Labute approximate surface area is 189 Å². The third-order valence-corrected chi connectivity index (χ3v) is 6.19. The van der Waals surface area contributed by atoms with Crippen LogP contribution in [-0.2, 0) is 22.4 Å². The molecule has 2 N–H and O–H groups in total. The molecule has 0 fully saturated rings. The molecule has 2 aromatic rings. The normalized spacial score (nSPS) is 17.0. The van der Waals surface area contributed by atoms with Gasteiger partial charge in [-0.25, -0.2) is 0 Å². The second-order valence-electron chi connectivity index (χ2n) is 7.32. The Kier molecular flexibility index (Phi) is 7.00. The van der Waals surface area contributed by atoms with Gasteiger partial charge in [0.2, 0.25) is 17.6 Å². The van der Waals surface area contributed by atoms with Crippen LogP contribution in [0.4, 0.5) is 0 Å². The van der Waals surface area contributed by atoms with Crippen molar-refractivity contribution >= 4 is 23.2 Å². The number of allylic oxidation sites excluding steroid dienone is 3. The van der Waals surface area contributed by atoms with Crippen LogP contribution in [0.2, 0.25) is 0 Å². The number of amides is 2. The molecular weight excluding hydrogens is 428 g/mol. The van der Waals surface area contributed by atoms with Gasteiger partial charge in [0.15, 0.2) is 5.82 Å². The van der Waals surface area contributed by atoms with Crippen LogP contribution < -0.4 is 10.6 Å². The zero-order valence-corrected chi connectivity index (χ0v) is 18.5. The van der Waals surface area contributed by atoms with E-state index in [1.54, 1.807) is 11.3 Å². The maximum atomic E-state index is 12.1. The van der Waals surface area contributed by atoms with E-state index in [9.17, 15) is 9.59 Å². The molecule has 1 aliphatic carbocycles. The van der Waals surface area contributed by atoms with Crippen molar-refractivity contribution in [2.75, 3.05) is 13.1 Å². The largest absolute Gasteiger partial charge is 0.368 e. The summed E-state index contributed by atoms with van der Waals surface area (Å²) in [5, 5.41) is 19.8. The smallest absolute Gasteiger partial charge is 0.276 e. The first-order chi connectivity index (χ1) is 15.7. The summed E-state index contributed by atoms with van der Waals surface area (Å²) in [5.41, 5.74) is 1.82. The second kappa shape index (κ2) is 10.3. The highest BCUT2D eigenvalue weighted by Gasteiger charge is 2.26. The van der Waals surface area contributed by atoms with E-state index in [2.05, 4.69) is 37.9 Å². The van der Waals surface area contributed by atoms with Gasteiger partial charge in [0, 0.05) is 41.9 Å². The number of nitrogens with one attached hydrogen (secondary N) is 2. The monoisotopic (exact) mass is 452 g/mol. The first-order valence-electron chi connectivity index (χ1n) is 10.6. The zero-order chi connectivity index (χ0) is 22.3. The number of thiophene rings is 1. The van der Waals surface area contributed by atoms with Gasteiger partial charge in [-0.05, 0) is 24.3 Å². The number of aryl methyl sites for hydroxylation is 2. The van der Waals surface area contributed by atoms with Crippen molar-refractivity contribution in [2.45, 2.75) is 32.6 Å². The maximum Gasteiger partial charge on any atom is 0.276 e. The summed E-state index contributed by atoms with van der Waals surface area (Å²) in [6, 6.07) is 1.99.